The van der Waals surface area contributed by atoms with Gasteiger partial charge in [-0.2, -0.15) is 0 Å². The highest BCUT2D eigenvalue weighted by Crippen LogP contribution is 2.36. The molecule has 0 rings (SSSR count). The summed E-state index contributed by atoms with van der Waals surface area (Å²) in [5, 5.41) is 8.35. The Morgan fingerprint density at radius 3 is 2.21 bits per heavy atom. The van der Waals surface area contributed by atoms with E-state index in [9.17, 15) is 4.79 Å². The number of hydrogen-bond acceptors (Lipinski definition) is 3. The van der Waals surface area contributed by atoms with Crippen LogP contribution in [-0.4, -0.2) is 34.6 Å². The minimum Gasteiger partial charge on any atom is -0.481 e. The lowest BCUT2D eigenvalue weighted by molar-refractivity contribution is -0.141. The van der Waals surface area contributed by atoms with Gasteiger partial charge in [0.15, 0.2) is 0 Å². The molecule has 0 spiro atoms. The third-order valence-corrected chi connectivity index (χ3v) is 4.92. The number of hydrogen-bond donors (Lipinski definition) is 1. The number of carboxylic acid groups (broad SMARTS) is 1. The molecule has 0 aromatic heterocycles. The van der Waals surface area contributed by atoms with Gasteiger partial charge in [-0.1, -0.05) is 19.8 Å². The van der Waals surface area contributed by atoms with E-state index in [-0.39, 0.29) is 0 Å². The molecule has 4 nitrogen and oxygen atoms in total. The molecular formula is C9H20O4Si. The first-order valence-electron chi connectivity index (χ1n) is 4.81. The molecule has 0 bridgehead atoms. The first kappa shape index (κ1) is 13.6. The molecule has 1 unspecified atom stereocenters. The molecule has 84 valence electrons. The van der Waals surface area contributed by atoms with E-state index < -0.39 is 20.3 Å². The van der Waals surface area contributed by atoms with Crippen LogP contribution in [-0.2, 0) is 13.6 Å². The molecule has 0 aliphatic carbocycles. The Kier molecular flexibility index (Phi) is 5.99. The van der Waals surface area contributed by atoms with Crippen LogP contribution in [0.5, 0.6) is 0 Å². The first-order chi connectivity index (χ1) is 6.52. The van der Waals surface area contributed by atoms with Crippen molar-refractivity contribution >= 4 is 15.3 Å². The second-order valence-corrected chi connectivity index (χ2v) is 6.51. The van der Waals surface area contributed by atoms with E-state index in [1.165, 1.54) is 14.2 Å². The van der Waals surface area contributed by atoms with Gasteiger partial charge in [-0.3, -0.25) is 4.79 Å². The van der Waals surface area contributed by atoms with Crippen LogP contribution in [0.3, 0.4) is 0 Å². The fourth-order valence-corrected chi connectivity index (χ4v) is 3.36. The van der Waals surface area contributed by atoms with Gasteiger partial charge in [0.2, 0.25) is 0 Å². The average molecular weight is 220 g/mol. The maximum absolute atomic E-state index is 11.2. The second kappa shape index (κ2) is 6.16. The van der Waals surface area contributed by atoms with Crippen molar-refractivity contribution in [2.75, 3.05) is 14.2 Å². The Hall–Kier alpha value is -0.393. The van der Waals surface area contributed by atoms with Crippen LogP contribution in [0.2, 0.25) is 5.04 Å². The lowest BCUT2D eigenvalue weighted by atomic mass is 10.0. The summed E-state index contributed by atoms with van der Waals surface area (Å²) < 4.78 is 10.3. The Morgan fingerprint density at radius 1 is 1.43 bits per heavy atom. The standard InChI is InChI=1S/C9H20O4Si/c1-5-6-7-9(2,8(10)11)14(12-3)13-4/h14H,5-7H2,1-4H3,(H,10,11). The molecule has 1 atom stereocenters. The van der Waals surface area contributed by atoms with Crippen LogP contribution in [0.15, 0.2) is 0 Å². The SMILES string of the molecule is CCCCC(C)(C(=O)O)[SiH](OC)OC. The third kappa shape index (κ3) is 3.08. The van der Waals surface area contributed by atoms with Crippen molar-refractivity contribution in [2.45, 2.75) is 38.1 Å². The smallest absolute Gasteiger partial charge is 0.338 e. The molecule has 0 aliphatic heterocycles. The van der Waals surface area contributed by atoms with Crippen molar-refractivity contribution in [1.29, 1.82) is 0 Å². The summed E-state index contributed by atoms with van der Waals surface area (Å²) in [6.45, 7) is 3.76. The van der Waals surface area contributed by atoms with Crippen LogP contribution in [0.25, 0.3) is 0 Å². The van der Waals surface area contributed by atoms with E-state index in [0.29, 0.717) is 6.42 Å². The quantitative estimate of drug-likeness (QED) is 0.661. The summed E-state index contributed by atoms with van der Waals surface area (Å²) in [4.78, 5) is 11.2. The highest BCUT2D eigenvalue weighted by molar-refractivity contribution is 6.54. The number of aliphatic carboxylic acids is 1. The predicted molar refractivity (Wildman–Crippen MR) is 56.7 cm³/mol. The minimum absolute atomic E-state index is 0.622. The molecule has 1 N–H and O–H groups in total. The Bertz CT molecular complexity index is 182. The van der Waals surface area contributed by atoms with Crippen LogP contribution in [0, 0.1) is 0 Å². The predicted octanol–water partition coefficient (Wildman–Crippen LogP) is 1.53. The van der Waals surface area contributed by atoms with Gasteiger partial charge in [0.25, 0.3) is 0 Å². The van der Waals surface area contributed by atoms with E-state index in [1.807, 2.05) is 6.92 Å². The van der Waals surface area contributed by atoms with Crippen molar-refractivity contribution in [1.82, 2.24) is 0 Å². The van der Waals surface area contributed by atoms with Crippen LogP contribution < -0.4 is 0 Å². The summed E-state index contributed by atoms with van der Waals surface area (Å²) in [7, 11) is 0.932. The second-order valence-electron chi connectivity index (χ2n) is 3.63. The fraction of sp³-hybridized carbons (Fsp3) is 0.889. The topological polar surface area (TPSA) is 55.8 Å². The lowest BCUT2D eigenvalue weighted by Crippen LogP contribution is -2.40. The molecule has 5 heteroatoms. The zero-order valence-electron chi connectivity index (χ0n) is 9.37. The highest BCUT2D eigenvalue weighted by Gasteiger charge is 2.44. The molecule has 0 radical (unpaired) electrons. The largest absolute Gasteiger partial charge is 0.481 e. The average Bonchev–Trinajstić information content (AvgIpc) is 2.16. The van der Waals surface area contributed by atoms with Gasteiger partial charge < -0.3 is 14.0 Å². The molecule has 0 amide bonds. The van der Waals surface area contributed by atoms with Gasteiger partial charge in [0.05, 0.1) is 0 Å². The number of carbonyl (C=O) groups is 1. The van der Waals surface area contributed by atoms with E-state index in [0.717, 1.165) is 12.8 Å². The van der Waals surface area contributed by atoms with E-state index in [4.69, 9.17) is 14.0 Å². The lowest BCUT2D eigenvalue weighted by Gasteiger charge is -2.29. The van der Waals surface area contributed by atoms with Crippen LogP contribution >= 0.6 is 0 Å². The minimum atomic E-state index is -2.11. The highest BCUT2D eigenvalue weighted by atomic mass is 28.3. The van der Waals surface area contributed by atoms with Gasteiger partial charge in [-0.25, -0.2) is 0 Å². The molecule has 0 fully saturated rings. The Labute approximate surface area is 87.1 Å². The summed E-state index contributed by atoms with van der Waals surface area (Å²) in [6.07, 6.45) is 2.49. The van der Waals surface area contributed by atoms with Crippen molar-refractivity contribution in [3.05, 3.63) is 0 Å². The van der Waals surface area contributed by atoms with Crippen LogP contribution in [0.1, 0.15) is 33.1 Å². The van der Waals surface area contributed by atoms with E-state index >= 15 is 0 Å². The van der Waals surface area contributed by atoms with Crippen LogP contribution in [0.4, 0.5) is 0 Å². The van der Waals surface area contributed by atoms with Gasteiger partial charge in [0.1, 0.15) is 5.04 Å². The van der Waals surface area contributed by atoms with E-state index in [2.05, 4.69) is 0 Å². The molecular weight excluding hydrogens is 200 g/mol. The molecule has 0 saturated carbocycles. The monoisotopic (exact) mass is 220 g/mol. The molecule has 0 saturated heterocycles. The summed E-state index contributed by atoms with van der Waals surface area (Å²) in [6, 6.07) is 0. The molecule has 0 heterocycles. The normalized spacial score (nSPS) is 15.5. The zero-order chi connectivity index (χ0) is 11.2. The first-order valence-corrected chi connectivity index (χ1v) is 6.34. The van der Waals surface area contributed by atoms with Crippen molar-refractivity contribution in [3.8, 4) is 0 Å². The van der Waals surface area contributed by atoms with Gasteiger partial charge >= 0.3 is 15.3 Å². The van der Waals surface area contributed by atoms with Crippen molar-refractivity contribution < 1.29 is 18.8 Å². The van der Waals surface area contributed by atoms with Crippen molar-refractivity contribution in [2.24, 2.45) is 0 Å². The van der Waals surface area contributed by atoms with Crippen molar-refractivity contribution in [3.63, 3.8) is 0 Å². The van der Waals surface area contributed by atoms with E-state index in [1.54, 1.807) is 6.92 Å². The molecule has 0 aromatic carbocycles. The summed E-state index contributed by atoms with van der Waals surface area (Å²) in [5.41, 5.74) is 0. The Morgan fingerprint density at radius 2 is 1.93 bits per heavy atom. The molecule has 14 heavy (non-hydrogen) atoms. The molecule has 0 aromatic rings. The van der Waals surface area contributed by atoms with Gasteiger partial charge in [-0.05, 0) is 13.3 Å². The number of unbranched alkanes of at least 4 members (excludes halogenated alkanes) is 1. The third-order valence-electron chi connectivity index (χ3n) is 2.49. The van der Waals surface area contributed by atoms with Gasteiger partial charge in [-0.15, -0.1) is 0 Å². The Balaban J connectivity index is 4.59. The summed E-state index contributed by atoms with van der Waals surface area (Å²) in [5.74, 6) is -0.814. The number of carboxylic acids is 1. The number of rotatable bonds is 7. The maximum Gasteiger partial charge on any atom is 0.338 e. The van der Waals surface area contributed by atoms with Gasteiger partial charge in [0, 0.05) is 14.2 Å². The zero-order valence-corrected chi connectivity index (χ0v) is 10.5. The molecule has 0 aliphatic rings. The summed E-state index contributed by atoms with van der Waals surface area (Å²) >= 11 is 0. The maximum atomic E-state index is 11.2. The fourth-order valence-electron chi connectivity index (χ4n) is 1.49.